The summed E-state index contributed by atoms with van der Waals surface area (Å²) in [6.07, 6.45) is 1.48. The van der Waals surface area contributed by atoms with Crippen molar-refractivity contribution in [3.05, 3.63) is 64.2 Å². The minimum atomic E-state index is -0.0192. The Morgan fingerprint density at radius 3 is 2.48 bits per heavy atom. The highest BCUT2D eigenvalue weighted by molar-refractivity contribution is 6.30. The molecule has 2 heterocycles. The van der Waals surface area contributed by atoms with Crippen LogP contribution in [-0.4, -0.2) is 54.3 Å². The fourth-order valence-electron chi connectivity index (χ4n) is 3.91. The van der Waals surface area contributed by atoms with Gasteiger partial charge < -0.3 is 9.64 Å². The summed E-state index contributed by atoms with van der Waals surface area (Å²) in [6, 6.07) is 13.2. The minimum Gasteiger partial charge on any atom is -0.493 e. The molecule has 0 N–H and O–H groups in total. The molecule has 1 saturated heterocycles. The molecule has 1 fully saturated rings. The van der Waals surface area contributed by atoms with Crippen LogP contribution < -0.4 is 4.74 Å². The lowest BCUT2D eigenvalue weighted by Crippen LogP contribution is -2.48. The molecule has 29 heavy (non-hydrogen) atoms. The van der Waals surface area contributed by atoms with E-state index in [0.717, 1.165) is 38.4 Å². The monoisotopic (exact) mass is 412 g/mol. The molecule has 0 spiro atoms. The van der Waals surface area contributed by atoms with Crippen molar-refractivity contribution in [3.63, 3.8) is 0 Å². The lowest BCUT2D eigenvalue weighted by molar-refractivity contribution is -0.132. The molecule has 0 bridgehead atoms. The predicted molar refractivity (Wildman–Crippen MR) is 113 cm³/mol. The number of piperazine rings is 1. The van der Waals surface area contributed by atoms with Crippen LogP contribution in [0.4, 0.5) is 0 Å². The Morgan fingerprint density at radius 1 is 0.966 bits per heavy atom. The number of benzene rings is 2. The van der Waals surface area contributed by atoms with Crippen LogP contribution in [0.3, 0.4) is 0 Å². The number of halogens is 1. The fourth-order valence-corrected chi connectivity index (χ4v) is 4.04. The summed E-state index contributed by atoms with van der Waals surface area (Å²) in [7, 11) is 0. The molecule has 1 amide bonds. The van der Waals surface area contributed by atoms with Crippen molar-refractivity contribution in [2.24, 2.45) is 0 Å². The quantitative estimate of drug-likeness (QED) is 0.680. The number of ether oxygens (including phenoxy) is 1. The average Bonchev–Trinajstić information content (AvgIpc) is 3.21. The Morgan fingerprint density at radius 2 is 1.72 bits per heavy atom. The van der Waals surface area contributed by atoms with Crippen LogP contribution in [0, 0.1) is 0 Å². The number of hydrogen-bond acceptors (Lipinski definition) is 4. The van der Waals surface area contributed by atoms with Gasteiger partial charge >= 0.3 is 0 Å². The maximum atomic E-state index is 12.5. The highest BCUT2D eigenvalue weighted by Gasteiger charge is 2.22. The van der Waals surface area contributed by atoms with Gasteiger partial charge in [-0.2, -0.15) is 0 Å². The lowest BCUT2D eigenvalue weighted by Gasteiger charge is -2.34. The van der Waals surface area contributed by atoms with Gasteiger partial charge in [-0.05, 0) is 41.5 Å². The minimum absolute atomic E-state index is 0.0192. The van der Waals surface area contributed by atoms with Gasteiger partial charge in [0.2, 0.25) is 5.91 Å². The predicted octanol–water partition coefficient (Wildman–Crippen LogP) is 3.58. The summed E-state index contributed by atoms with van der Waals surface area (Å²) < 4.78 is 5.57. The number of carbonyl (C=O) groups is 2. The summed E-state index contributed by atoms with van der Waals surface area (Å²) in [5, 5.41) is 0.601. The Bertz CT molecular complexity index is 889. The van der Waals surface area contributed by atoms with E-state index >= 15 is 0 Å². The number of Topliss-reactive ketones (excluding diaryl/α,β-unsaturated/α-hetero) is 1. The van der Waals surface area contributed by atoms with E-state index in [1.807, 2.05) is 4.90 Å². The number of carbonyl (C=O) groups excluding carboxylic acids is 2. The molecular weight excluding hydrogens is 388 g/mol. The average molecular weight is 413 g/mol. The highest BCUT2D eigenvalue weighted by Crippen LogP contribution is 2.26. The summed E-state index contributed by atoms with van der Waals surface area (Å²) in [6.45, 7) is 4.80. The first kappa shape index (κ1) is 19.9. The smallest absolute Gasteiger partial charge is 0.223 e. The number of nitrogens with zero attached hydrogens (tertiary/aromatic N) is 2. The van der Waals surface area contributed by atoms with E-state index in [1.54, 1.807) is 24.3 Å². The van der Waals surface area contributed by atoms with Crippen molar-refractivity contribution in [2.45, 2.75) is 25.8 Å². The molecule has 5 nitrogen and oxygen atoms in total. The van der Waals surface area contributed by atoms with Gasteiger partial charge in [0, 0.05) is 62.6 Å². The normalized spacial score (nSPS) is 16.4. The molecule has 6 heteroatoms. The van der Waals surface area contributed by atoms with Gasteiger partial charge in [0.1, 0.15) is 5.75 Å². The van der Waals surface area contributed by atoms with E-state index in [1.165, 1.54) is 11.1 Å². The molecule has 0 saturated carbocycles. The molecule has 0 aliphatic carbocycles. The number of ketones is 1. The number of rotatable bonds is 6. The van der Waals surface area contributed by atoms with Gasteiger partial charge in [0.25, 0.3) is 0 Å². The molecule has 152 valence electrons. The molecule has 2 aliphatic rings. The second-order valence-corrected chi connectivity index (χ2v) is 8.06. The van der Waals surface area contributed by atoms with E-state index in [9.17, 15) is 9.59 Å². The van der Waals surface area contributed by atoms with Crippen molar-refractivity contribution in [2.75, 3.05) is 32.8 Å². The van der Waals surface area contributed by atoms with Crippen molar-refractivity contribution >= 4 is 23.3 Å². The van der Waals surface area contributed by atoms with Crippen LogP contribution in [0.15, 0.2) is 42.5 Å². The van der Waals surface area contributed by atoms with E-state index in [0.29, 0.717) is 23.7 Å². The third kappa shape index (κ3) is 4.98. The van der Waals surface area contributed by atoms with Crippen molar-refractivity contribution in [3.8, 4) is 5.75 Å². The number of fused-ring (bicyclic) bond motifs is 1. The second-order valence-electron chi connectivity index (χ2n) is 7.63. The van der Waals surface area contributed by atoms with Crippen LogP contribution in [-0.2, 0) is 17.8 Å². The van der Waals surface area contributed by atoms with Gasteiger partial charge in [0.05, 0.1) is 6.61 Å². The molecule has 0 unspecified atom stereocenters. The molecular formula is C23H25ClN2O3. The first-order chi connectivity index (χ1) is 14.1. The Hall–Kier alpha value is -2.37. The standard InChI is InChI=1S/C23H25ClN2O3/c24-20-4-2-18(3-5-20)21(27)6-8-23(28)26-12-10-25(11-13-26)16-17-1-7-22-19(15-17)9-14-29-22/h1-5,7,15H,6,8-14,16H2. The van der Waals surface area contributed by atoms with Crippen molar-refractivity contribution in [1.82, 2.24) is 9.80 Å². The van der Waals surface area contributed by atoms with Crippen LogP contribution in [0.5, 0.6) is 5.75 Å². The third-order valence-corrected chi connectivity index (χ3v) is 5.87. The largest absolute Gasteiger partial charge is 0.493 e. The maximum absolute atomic E-state index is 12.5. The summed E-state index contributed by atoms with van der Waals surface area (Å²) in [4.78, 5) is 29.0. The van der Waals surface area contributed by atoms with Crippen molar-refractivity contribution < 1.29 is 14.3 Å². The first-order valence-electron chi connectivity index (χ1n) is 10.1. The van der Waals surface area contributed by atoms with Crippen molar-refractivity contribution in [1.29, 1.82) is 0 Å². The lowest BCUT2D eigenvalue weighted by atomic mass is 10.1. The van der Waals surface area contributed by atoms with E-state index < -0.39 is 0 Å². The zero-order valence-corrected chi connectivity index (χ0v) is 17.2. The van der Waals surface area contributed by atoms with Gasteiger partial charge in [-0.15, -0.1) is 0 Å². The van der Waals surface area contributed by atoms with Gasteiger partial charge in [-0.25, -0.2) is 0 Å². The Balaban J connectivity index is 1.22. The van der Waals surface area contributed by atoms with Crippen LogP contribution in [0.25, 0.3) is 0 Å². The van der Waals surface area contributed by atoms with Crippen LogP contribution in [0.1, 0.15) is 34.3 Å². The van der Waals surface area contributed by atoms with E-state index in [2.05, 4.69) is 23.1 Å². The maximum Gasteiger partial charge on any atom is 0.223 e. The number of amides is 1. The van der Waals surface area contributed by atoms with Gasteiger partial charge in [-0.3, -0.25) is 14.5 Å². The van der Waals surface area contributed by atoms with Gasteiger partial charge in [0.15, 0.2) is 5.78 Å². The topological polar surface area (TPSA) is 49.9 Å². The van der Waals surface area contributed by atoms with Gasteiger partial charge in [-0.1, -0.05) is 23.7 Å². The fraction of sp³-hybridized carbons (Fsp3) is 0.391. The summed E-state index contributed by atoms with van der Waals surface area (Å²) in [5.41, 5.74) is 3.19. The van der Waals surface area contributed by atoms with Crippen LogP contribution >= 0.6 is 11.6 Å². The Labute approximate surface area is 176 Å². The molecule has 2 aromatic carbocycles. The SMILES string of the molecule is O=C(CCC(=O)N1CCN(Cc2ccc3c(c2)CCO3)CC1)c1ccc(Cl)cc1. The Kier molecular flexibility index (Phi) is 6.16. The number of hydrogen-bond donors (Lipinski definition) is 0. The first-order valence-corrected chi connectivity index (χ1v) is 10.5. The molecule has 0 atom stereocenters. The summed E-state index contributed by atoms with van der Waals surface area (Å²) >= 11 is 5.85. The van der Waals surface area contributed by atoms with E-state index in [-0.39, 0.29) is 24.5 Å². The molecule has 4 rings (SSSR count). The highest BCUT2D eigenvalue weighted by atomic mass is 35.5. The third-order valence-electron chi connectivity index (χ3n) is 5.62. The zero-order valence-electron chi connectivity index (χ0n) is 16.4. The molecule has 0 aromatic heterocycles. The molecule has 2 aliphatic heterocycles. The molecule has 2 aromatic rings. The molecule has 0 radical (unpaired) electrons. The zero-order chi connectivity index (χ0) is 20.2. The van der Waals surface area contributed by atoms with Crippen LogP contribution in [0.2, 0.25) is 5.02 Å². The second kappa shape index (κ2) is 8.97. The van der Waals surface area contributed by atoms with E-state index in [4.69, 9.17) is 16.3 Å². The summed E-state index contributed by atoms with van der Waals surface area (Å²) in [5.74, 6) is 1.05.